The van der Waals surface area contributed by atoms with Gasteiger partial charge in [-0.2, -0.15) is 4.31 Å². The molecule has 0 aromatic carbocycles. The first-order valence-corrected chi connectivity index (χ1v) is 7.56. The first kappa shape index (κ1) is 15.2. The van der Waals surface area contributed by atoms with Gasteiger partial charge in [-0.05, 0) is 12.3 Å². The molecule has 0 aliphatic heterocycles. The number of hydrogen-bond donors (Lipinski definition) is 1. The van der Waals surface area contributed by atoms with Crippen LogP contribution in [0.2, 0.25) is 0 Å². The van der Waals surface area contributed by atoms with Gasteiger partial charge in [-0.15, -0.1) is 0 Å². The largest absolute Gasteiger partial charge is 0.332 e. The van der Waals surface area contributed by atoms with Crippen LogP contribution in [0.25, 0.3) is 0 Å². The average Bonchev–Trinajstić information content (AvgIpc) is 2.74. The van der Waals surface area contributed by atoms with Crippen molar-refractivity contribution in [2.45, 2.75) is 52.1 Å². The van der Waals surface area contributed by atoms with E-state index in [0.29, 0.717) is 12.2 Å². The molecule has 0 bridgehead atoms. The first-order valence-electron chi connectivity index (χ1n) is 6.12. The normalized spacial score (nSPS) is 15.1. The molecule has 104 valence electrons. The molecule has 5 nitrogen and oxygen atoms in total. The predicted molar refractivity (Wildman–Crippen MR) is 71.8 cm³/mol. The highest BCUT2D eigenvalue weighted by Gasteiger charge is 2.33. The van der Waals surface area contributed by atoms with Crippen molar-refractivity contribution in [2.24, 2.45) is 5.41 Å². The molecule has 1 aromatic heterocycles. The lowest BCUT2D eigenvalue weighted by Crippen LogP contribution is -2.43. The number of aromatic amines is 1. The maximum atomic E-state index is 12.4. The lowest BCUT2D eigenvalue weighted by Gasteiger charge is -2.34. The third-order valence-corrected chi connectivity index (χ3v) is 5.23. The molecule has 1 N–H and O–H groups in total. The Morgan fingerprint density at radius 1 is 1.44 bits per heavy atom. The highest BCUT2D eigenvalue weighted by Crippen LogP contribution is 2.26. The summed E-state index contributed by atoms with van der Waals surface area (Å²) in [4.78, 5) is 6.89. The second kappa shape index (κ2) is 5.01. The van der Waals surface area contributed by atoms with Crippen molar-refractivity contribution in [3.8, 4) is 0 Å². The van der Waals surface area contributed by atoms with Crippen LogP contribution in [0.15, 0.2) is 11.2 Å². The van der Waals surface area contributed by atoms with Gasteiger partial charge in [-0.1, -0.05) is 27.7 Å². The van der Waals surface area contributed by atoms with E-state index >= 15 is 0 Å². The molecule has 0 saturated heterocycles. The molecule has 0 aliphatic carbocycles. The maximum Gasteiger partial charge on any atom is 0.260 e. The van der Waals surface area contributed by atoms with Gasteiger partial charge in [-0.25, -0.2) is 13.4 Å². The summed E-state index contributed by atoms with van der Waals surface area (Å²) in [6, 6.07) is -0.101. The van der Waals surface area contributed by atoms with Crippen molar-refractivity contribution in [2.75, 3.05) is 7.05 Å². The molecule has 1 atom stereocenters. The van der Waals surface area contributed by atoms with Gasteiger partial charge in [0.15, 0.2) is 5.03 Å². The Balaban J connectivity index is 3.07. The number of nitrogens with zero attached hydrogens (tertiary/aromatic N) is 2. The molecule has 0 radical (unpaired) electrons. The summed E-state index contributed by atoms with van der Waals surface area (Å²) in [5.41, 5.74) is -0.116. The Kier molecular flexibility index (Phi) is 4.23. The molecular formula is C12H23N3O2S. The van der Waals surface area contributed by atoms with Crippen LogP contribution in [0.1, 0.15) is 40.4 Å². The number of aryl methyl sites for hydroxylation is 1. The van der Waals surface area contributed by atoms with E-state index in [2.05, 4.69) is 9.97 Å². The number of hydrogen-bond acceptors (Lipinski definition) is 3. The van der Waals surface area contributed by atoms with Gasteiger partial charge >= 0.3 is 0 Å². The van der Waals surface area contributed by atoms with Crippen molar-refractivity contribution < 1.29 is 8.42 Å². The van der Waals surface area contributed by atoms with Gasteiger partial charge in [0, 0.05) is 19.5 Å². The van der Waals surface area contributed by atoms with Crippen LogP contribution in [0.4, 0.5) is 0 Å². The average molecular weight is 273 g/mol. The molecule has 1 aromatic rings. The summed E-state index contributed by atoms with van der Waals surface area (Å²) >= 11 is 0. The fourth-order valence-electron chi connectivity index (χ4n) is 1.56. The Morgan fingerprint density at radius 3 is 2.39 bits per heavy atom. The van der Waals surface area contributed by atoms with Crippen molar-refractivity contribution >= 4 is 10.0 Å². The molecule has 0 spiro atoms. The summed E-state index contributed by atoms with van der Waals surface area (Å²) in [6.45, 7) is 9.90. The molecule has 6 heteroatoms. The topological polar surface area (TPSA) is 66.1 Å². The fraction of sp³-hybridized carbons (Fsp3) is 0.750. The van der Waals surface area contributed by atoms with Crippen LogP contribution >= 0.6 is 0 Å². The quantitative estimate of drug-likeness (QED) is 0.912. The number of imidazole rings is 1. The van der Waals surface area contributed by atoms with Crippen LogP contribution in [0.5, 0.6) is 0 Å². The Bertz CT molecular complexity index is 500. The zero-order chi connectivity index (χ0) is 14.1. The van der Waals surface area contributed by atoms with E-state index in [0.717, 1.165) is 0 Å². The maximum absolute atomic E-state index is 12.4. The number of rotatable bonds is 4. The SMILES string of the molecule is CCc1ncc(S(=O)(=O)N(C)C(C)C(C)(C)C)[nH]1. The van der Waals surface area contributed by atoms with Gasteiger partial charge < -0.3 is 4.98 Å². The zero-order valence-corrected chi connectivity index (χ0v) is 12.8. The van der Waals surface area contributed by atoms with Crippen LogP contribution in [-0.2, 0) is 16.4 Å². The van der Waals surface area contributed by atoms with E-state index in [9.17, 15) is 8.42 Å². The van der Waals surface area contributed by atoms with Crippen LogP contribution in [0.3, 0.4) is 0 Å². The summed E-state index contributed by atoms with van der Waals surface area (Å²) in [5, 5.41) is 0.165. The summed E-state index contributed by atoms with van der Waals surface area (Å²) in [6.07, 6.45) is 2.08. The molecule has 18 heavy (non-hydrogen) atoms. The smallest absolute Gasteiger partial charge is 0.260 e. The highest BCUT2D eigenvalue weighted by atomic mass is 32.2. The van der Waals surface area contributed by atoms with E-state index in [-0.39, 0.29) is 16.5 Å². The third kappa shape index (κ3) is 2.92. The lowest BCUT2D eigenvalue weighted by atomic mass is 9.88. The molecule has 0 aliphatic rings. The number of sulfonamides is 1. The number of H-pyrrole nitrogens is 1. The minimum atomic E-state index is -3.50. The van der Waals surface area contributed by atoms with Crippen molar-refractivity contribution in [3.63, 3.8) is 0 Å². The minimum Gasteiger partial charge on any atom is -0.332 e. The molecule has 1 heterocycles. The van der Waals surface area contributed by atoms with Gasteiger partial charge in [-0.3, -0.25) is 0 Å². The zero-order valence-electron chi connectivity index (χ0n) is 12.0. The predicted octanol–water partition coefficient (Wildman–Crippen LogP) is 2.03. The minimum absolute atomic E-state index is 0.101. The molecule has 0 fully saturated rings. The van der Waals surface area contributed by atoms with E-state index in [1.165, 1.54) is 10.5 Å². The molecule has 1 rings (SSSR count). The van der Waals surface area contributed by atoms with Crippen LogP contribution < -0.4 is 0 Å². The summed E-state index contributed by atoms with van der Waals surface area (Å²) in [5.74, 6) is 0.686. The number of nitrogens with one attached hydrogen (secondary N) is 1. The molecule has 0 saturated carbocycles. The highest BCUT2D eigenvalue weighted by molar-refractivity contribution is 7.89. The van der Waals surface area contributed by atoms with Crippen molar-refractivity contribution in [1.82, 2.24) is 14.3 Å². The molecular weight excluding hydrogens is 250 g/mol. The molecule has 0 amide bonds. The second-order valence-corrected chi connectivity index (χ2v) is 7.58. The third-order valence-electron chi connectivity index (χ3n) is 3.40. The van der Waals surface area contributed by atoms with Crippen molar-refractivity contribution in [3.05, 3.63) is 12.0 Å². The van der Waals surface area contributed by atoms with E-state index in [1.807, 2.05) is 34.6 Å². The van der Waals surface area contributed by atoms with Gasteiger partial charge in [0.1, 0.15) is 5.82 Å². The first-order chi connectivity index (χ1) is 8.10. The van der Waals surface area contributed by atoms with Crippen molar-refractivity contribution in [1.29, 1.82) is 0 Å². The monoisotopic (exact) mass is 273 g/mol. The second-order valence-electron chi connectivity index (χ2n) is 5.61. The Hall–Kier alpha value is -0.880. The van der Waals surface area contributed by atoms with E-state index in [1.54, 1.807) is 7.05 Å². The Morgan fingerprint density at radius 2 is 2.00 bits per heavy atom. The summed E-state index contributed by atoms with van der Waals surface area (Å²) in [7, 11) is -1.89. The van der Waals surface area contributed by atoms with Gasteiger partial charge in [0.05, 0.1) is 6.20 Å². The summed E-state index contributed by atoms with van der Waals surface area (Å²) < 4.78 is 26.2. The lowest BCUT2D eigenvalue weighted by molar-refractivity contribution is 0.216. The standard InChI is InChI=1S/C12H23N3O2S/c1-7-10-13-8-11(14-10)18(16,17)15(6)9(2)12(3,4)5/h8-9H,7H2,1-6H3,(H,13,14). The van der Waals surface area contributed by atoms with E-state index in [4.69, 9.17) is 0 Å². The van der Waals surface area contributed by atoms with Crippen LogP contribution in [-0.4, -0.2) is 35.8 Å². The Labute approximate surface area is 110 Å². The number of aromatic nitrogens is 2. The van der Waals surface area contributed by atoms with Crippen LogP contribution in [0, 0.1) is 5.41 Å². The molecule has 1 unspecified atom stereocenters. The fourth-order valence-corrected chi connectivity index (χ4v) is 3.04. The van der Waals surface area contributed by atoms with Gasteiger partial charge in [0.25, 0.3) is 10.0 Å². The van der Waals surface area contributed by atoms with Gasteiger partial charge in [0.2, 0.25) is 0 Å². The van der Waals surface area contributed by atoms with E-state index < -0.39 is 10.0 Å².